The summed E-state index contributed by atoms with van der Waals surface area (Å²) in [7, 11) is 0. The number of carbonyl (C=O) groups is 1. The van der Waals surface area contributed by atoms with Crippen molar-refractivity contribution in [2.24, 2.45) is 0 Å². The van der Waals surface area contributed by atoms with Gasteiger partial charge in [0.2, 0.25) is 5.82 Å². The summed E-state index contributed by atoms with van der Waals surface area (Å²) in [5.41, 5.74) is 4.43. The fourth-order valence-corrected chi connectivity index (χ4v) is 4.07. The number of aromatic nitrogens is 2. The molecule has 0 fully saturated rings. The average molecular weight is 401 g/mol. The molecule has 1 heterocycles. The Balaban J connectivity index is 1.66. The smallest absolute Gasteiger partial charge is 0.258 e. The summed E-state index contributed by atoms with van der Waals surface area (Å²) < 4.78 is 11.2. The maximum atomic E-state index is 11.6. The Hall–Kier alpha value is -3.46. The number of benzene rings is 2. The summed E-state index contributed by atoms with van der Waals surface area (Å²) in [6.45, 7) is 5.47. The van der Waals surface area contributed by atoms with E-state index in [0.717, 1.165) is 18.4 Å². The molecule has 0 aliphatic heterocycles. The van der Waals surface area contributed by atoms with Crippen LogP contribution < -0.4 is 4.74 Å². The van der Waals surface area contributed by atoms with Gasteiger partial charge in [-0.1, -0.05) is 23.4 Å². The van der Waals surface area contributed by atoms with E-state index in [0.29, 0.717) is 35.0 Å². The van der Waals surface area contributed by atoms with Crippen molar-refractivity contribution in [2.45, 2.75) is 52.1 Å². The van der Waals surface area contributed by atoms with Gasteiger partial charge in [-0.2, -0.15) is 10.2 Å². The Morgan fingerprint density at radius 3 is 2.90 bits per heavy atom. The third-order valence-corrected chi connectivity index (χ3v) is 5.31. The molecule has 30 heavy (non-hydrogen) atoms. The first-order valence-corrected chi connectivity index (χ1v) is 10.1. The van der Waals surface area contributed by atoms with Gasteiger partial charge in [0.05, 0.1) is 11.7 Å². The third-order valence-electron chi connectivity index (χ3n) is 5.31. The van der Waals surface area contributed by atoms with Gasteiger partial charge in [0, 0.05) is 17.5 Å². The van der Waals surface area contributed by atoms with Gasteiger partial charge in [-0.05, 0) is 68.9 Å². The zero-order valence-corrected chi connectivity index (χ0v) is 17.3. The van der Waals surface area contributed by atoms with Gasteiger partial charge in [0.25, 0.3) is 5.89 Å². The topological polar surface area (TPSA) is 89.0 Å². The van der Waals surface area contributed by atoms with E-state index in [-0.39, 0.29) is 17.8 Å². The van der Waals surface area contributed by atoms with Crippen molar-refractivity contribution in [3.8, 4) is 34.7 Å². The Labute approximate surface area is 175 Å². The van der Waals surface area contributed by atoms with Crippen LogP contribution in [0.25, 0.3) is 22.8 Å². The molecule has 0 spiro atoms. The van der Waals surface area contributed by atoms with Crippen LogP contribution in [-0.4, -0.2) is 22.0 Å². The van der Waals surface area contributed by atoms with Crippen LogP contribution in [-0.2, 0) is 11.2 Å². The fourth-order valence-electron chi connectivity index (χ4n) is 4.07. The van der Waals surface area contributed by atoms with Gasteiger partial charge >= 0.3 is 0 Å². The molecule has 0 N–H and O–H groups in total. The number of ether oxygens (including phenoxy) is 1. The van der Waals surface area contributed by atoms with Crippen molar-refractivity contribution in [2.75, 3.05) is 0 Å². The van der Waals surface area contributed by atoms with E-state index in [1.807, 2.05) is 32.0 Å². The van der Waals surface area contributed by atoms with Crippen molar-refractivity contribution in [3.63, 3.8) is 0 Å². The standard InChI is InChI=1S/C24H23N3O3/c1-14(2)29-22-10-8-17(12-18(22)13-25)24-26-23(27-30-24)21-6-4-5-19-16(11-15(3)28)7-9-20(19)21/h4-6,8,10,12,14,16H,7,9,11H2,1-3H3/t16-/m1/s1. The number of hydrogen-bond donors (Lipinski definition) is 0. The summed E-state index contributed by atoms with van der Waals surface area (Å²) in [4.78, 5) is 16.2. The Morgan fingerprint density at radius 2 is 2.17 bits per heavy atom. The van der Waals surface area contributed by atoms with E-state index in [2.05, 4.69) is 22.3 Å². The van der Waals surface area contributed by atoms with Crippen LogP contribution in [0, 0.1) is 11.3 Å². The zero-order chi connectivity index (χ0) is 21.3. The van der Waals surface area contributed by atoms with E-state index in [1.165, 1.54) is 11.1 Å². The average Bonchev–Trinajstić information content (AvgIpc) is 3.35. The normalized spacial score (nSPS) is 15.1. The molecule has 0 saturated heterocycles. The second kappa shape index (κ2) is 8.11. The lowest BCUT2D eigenvalue weighted by Gasteiger charge is -2.11. The summed E-state index contributed by atoms with van der Waals surface area (Å²) in [6, 6.07) is 13.5. The SMILES string of the molecule is CC(=O)C[C@H]1CCc2c(-c3noc(-c4ccc(OC(C)C)c(C#N)c4)n3)cccc21. The van der Waals surface area contributed by atoms with E-state index in [4.69, 9.17) is 9.26 Å². The Morgan fingerprint density at radius 1 is 1.33 bits per heavy atom. The molecule has 0 amide bonds. The summed E-state index contributed by atoms with van der Waals surface area (Å²) in [6.07, 6.45) is 2.40. The van der Waals surface area contributed by atoms with Crippen LogP contribution in [0.2, 0.25) is 0 Å². The van der Waals surface area contributed by atoms with Gasteiger partial charge in [-0.25, -0.2) is 0 Å². The molecule has 1 aliphatic carbocycles. The van der Waals surface area contributed by atoms with Crippen molar-refractivity contribution in [1.82, 2.24) is 10.1 Å². The number of Topliss-reactive ketones (excluding diaryl/α,β-unsaturated/α-hetero) is 1. The van der Waals surface area contributed by atoms with Crippen LogP contribution in [0.15, 0.2) is 40.9 Å². The zero-order valence-electron chi connectivity index (χ0n) is 17.3. The minimum absolute atomic E-state index is 0.0232. The Kier molecular flexibility index (Phi) is 5.37. The highest BCUT2D eigenvalue weighted by Gasteiger charge is 2.27. The monoisotopic (exact) mass is 401 g/mol. The maximum Gasteiger partial charge on any atom is 0.258 e. The van der Waals surface area contributed by atoms with Gasteiger partial charge in [0.15, 0.2) is 0 Å². The quantitative estimate of drug-likeness (QED) is 0.573. The molecule has 6 heteroatoms. The maximum absolute atomic E-state index is 11.6. The third kappa shape index (κ3) is 3.84. The molecule has 0 radical (unpaired) electrons. The molecule has 1 atom stereocenters. The van der Waals surface area contributed by atoms with E-state index >= 15 is 0 Å². The summed E-state index contributed by atoms with van der Waals surface area (Å²) >= 11 is 0. The number of rotatable bonds is 6. The fraction of sp³-hybridized carbons (Fsp3) is 0.333. The first-order chi connectivity index (χ1) is 14.5. The van der Waals surface area contributed by atoms with Crippen molar-refractivity contribution < 1.29 is 14.1 Å². The highest BCUT2D eigenvalue weighted by Crippen LogP contribution is 2.40. The predicted molar refractivity (Wildman–Crippen MR) is 112 cm³/mol. The number of hydrogen-bond acceptors (Lipinski definition) is 6. The number of nitrogens with zero attached hydrogens (tertiary/aromatic N) is 3. The van der Waals surface area contributed by atoms with Crippen LogP contribution in [0.1, 0.15) is 56.2 Å². The number of ketones is 1. The molecule has 0 saturated carbocycles. The predicted octanol–water partition coefficient (Wildman–Crippen LogP) is 5.07. The summed E-state index contributed by atoms with van der Waals surface area (Å²) in [5, 5.41) is 13.6. The molecule has 6 nitrogen and oxygen atoms in total. The van der Waals surface area contributed by atoms with Crippen LogP contribution >= 0.6 is 0 Å². The molecular formula is C24H23N3O3. The molecule has 3 aromatic rings. The largest absolute Gasteiger partial charge is 0.490 e. The van der Waals surface area contributed by atoms with Crippen LogP contribution in [0.5, 0.6) is 5.75 Å². The van der Waals surface area contributed by atoms with Crippen LogP contribution in [0.3, 0.4) is 0 Å². The molecule has 4 rings (SSSR count). The first-order valence-electron chi connectivity index (χ1n) is 10.1. The van der Waals surface area contributed by atoms with Gasteiger partial charge in [0.1, 0.15) is 17.6 Å². The van der Waals surface area contributed by atoms with Crippen molar-refractivity contribution in [1.29, 1.82) is 5.26 Å². The lowest BCUT2D eigenvalue weighted by atomic mass is 9.94. The highest BCUT2D eigenvalue weighted by atomic mass is 16.5. The minimum atomic E-state index is -0.0232. The number of nitriles is 1. The number of carbonyl (C=O) groups excluding carboxylic acids is 1. The molecular weight excluding hydrogens is 378 g/mol. The minimum Gasteiger partial charge on any atom is -0.490 e. The lowest BCUT2D eigenvalue weighted by Crippen LogP contribution is -2.06. The highest BCUT2D eigenvalue weighted by molar-refractivity contribution is 5.77. The van der Waals surface area contributed by atoms with E-state index in [1.54, 1.807) is 19.1 Å². The van der Waals surface area contributed by atoms with Gasteiger partial charge in [-0.3, -0.25) is 0 Å². The second-order valence-electron chi connectivity index (χ2n) is 7.93. The van der Waals surface area contributed by atoms with E-state index < -0.39 is 0 Å². The molecule has 1 aliphatic rings. The van der Waals surface area contributed by atoms with Gasteiger partial charge < -0.3 is 14.1 Å². The second-order valence-corrected chi connectivity index (χ2v) is 7.93. The Bertz CT molecular complexity index is 1140. The van der Waals surface area contributed by atoms with Crippen LogP contribution in [0.4, 0.5) is 0 Å². The van der Waals surface area contributed by atoms with E-state index in [9.17, 15) is 10.1 Å². The molecule has 1 aromatic heterocycles. The molecule has 0 unspecified atom stereocenters. The van der Waals surface area contributed by atoms with Crippen molar-refractivity contribution >= 4 is 5.78 Å². The first kappa shape index (κ1) is 19.8. The molecule has 2 aromatic carbocycles. The molecule has 152 valence electrons. The van der Waals surface area contributed by atoms with Gasteiger partial charge in [-0.15, -0.1) is 0 Å². The molecule has 0 bridgehead atoms. The summed E-state index contributed by atoms with van der Waals surface area (Å²) in [5.74, 6) is 1.88. The number of fused-ring (bicyclic) bond motifs is 1. The van der Waals surface area contributed by atoms with Crippen molar-refractivity contribution in [3.05, 3.63) is 53.1 Å². The lowest BCUT2D eigenvalue weighted by molar-refractivity contribution is -0.117.